The molecule has 1 aromatic heterocycles. The topological polar surface area (TPSA) is 107 Å². The van der Waals surface area contributed by atoms with Gasteiger partial charge in [0.1, 0.15) is 23.5 Å². The van der Waals surface area contributed by atoms with Crippen molar-refractivity contribution in [2.24, 2.45) is 0 Å². The maximum absolute atomic E-state index is 15.3. The molecule has 2 aliphatic heterocycles. The average Bonchev–Trinajstić information content (AvgIpc) is 3.37. The molecule has 1 fully saturated rings. The van der Waals surface area contributed by atoms with E-state index in [0.717, 1.165) is 11.1 Å². The second kappa shape index (κ2) is 11.2. The first-order valence-corrected chi connectivity index (χ1v) is 12.6. The SMILES string of the molecule is Nc1ccc(/C=C/C(=O)NCC2Cc3c(-c4ccc(C(=O)N5CCOCC5)cc4F)ccc(Cl)c3O2)cn1. The number of morpholine rings is 1. The summed E-state index contributed by atoms with van der Waals surface area (Å²) in [6.07, 6.45) is 4.68. The summed E-state index contributed by atoms with van der Waals surface area (Å²) >= 11 is 6.39. The highest BCUT2D eigenvalue weighted by Gasteiger charge is 2.29. The molecule has 0 radical (unpaired) electrons. The zero-order valence-corrected chi connectivity index (χ0v) is 21.2. The summed E-state index contributed by atoms with van der Waals surface area (Å²) in [7, 11) is 0. The van der Waals surface area contributed by atoms with Crippen LogP contribution in [0.3, 0.4) is 0 Å². The molecule has 3 aromatic rings. The number of carbonyl (C=O) groups is 2. The predicted octanol–water partition coefficient (Wildman–Crippen LogP) is 3.73. The third-order valence-corrected chi connectivity index (χ3v) is 6.77. The molecule has 2 amide bonds. The number of hydrogen-bond donors (Lipinski definition) is 2. The molecule has 1 unspecified atom stereocenters. The van der Waals surface area contributed by atoms with Crippen LogP contribution in [-0.4, -0.2) is 60.7 Å². The van der Waals surface area contributed by atoms with Crippen LogP contribution in [0.2, 0.25) is 5.02 Å². The first kappa shape index (κ1) is 25.7. The average molecular weight is 537 g/mol. The summed E-state index contributed by atoms with van der Waals surface area (Å²) in [4.78, 5) is 30.7. The lowest BCUT2D eigenvalue weighted by Gasteiger charge is -2.27. The Kier molecular flexibility index (Phi) is 7.57. The summed E-state index contributed by atoms with van der Waals surface area (Å²) in [6.45, 7) is 2.15. The molecule has 0 saturated carbocycles. The van der Waals surface area contributed by atoms with Gasteiger partial charge in [-0.2, -0.15) is 0 Å². The number of ether oxygens (including phenoxy) is 2. The Morgan fingerprint density at radius 3 is 2.68 bits per heavy atom. The van der Waals surface area contributed by atoms with Crippen molar-refractivity contribution in [3.63, 3.8) is 0 Å². The van der Waals surface area contributed by atoms with E-state index in [9.17, 15) is 9.59 Å². The fourth-order valence-corrected chi connectivity index (χ4v) is 4.73. The molecular formula is C28H26ClFN4O4. The fraction of sp³-hybridized carbons (Fsp3) is 0.250. The predicted molar refractivity (Wildman–Crippen MR) is 142 cm³/mol. The largest absolute Gasteiger partial charge is 0.486 e. The Morgan fingerprint density at radius 2 is 1.95 bits per heavy atom. The van der Waals surface area contributed by atoms with Gasteiger partial charge in [0.2, 0.25) is 5.91 Å². The van der Waals surface area contributed by atoms with Crippen LogP contribution in [0.4, 0.5) is 10.2 Å². The molecule has 0 aliphatic carbocycles. The molecule has 10 heteroatoms. The first-order chi connectivity index (χ1) is 18.4. The third-order valence-electron chi connectivity index (χ3n) is 6.47. The number of anilines is 1. The van der Waals surface area contributed by atoms with Crippen molar-refractivity contribution in [3.8, 4) is 16.9 Å². The Labute approximate surface area is 224 Å². The van der Waals surface area contributed by atoms with Gasteiger partial charge in [-0.1, -0.05) is 23.7 Å². The Morgan fingerprint density at radius 1 is 1.16 bits per heavy atom. The van der Waals surface area contributed by atoms with Gasteiger partial charge in [-0.05, 0) is 47.5 Å². The van der Waals surface area contributed by atoms with E-state index in [0.29, 0.717) is 66.0 Å². The summed E-state index contributed by atoms with van der Waals surface area (Å²) in [5.74, 6) is -0.146. The van der Waals surface area contributed by atoms with E-state index in [1.54, 1.807) is 53.6 Å². The molecule has 2 aliphatic rings. The van der Waals surface area contributed by atoms with Gasteiger partial charge in [0.05, 0.1) is 24.8 Å². The van der Waals surface area contributed by atoms with Gasteiger partial charge in [0.25, 0.3) is 5.91 Å². The zero-order chi connectivity index (χ0) is 26.6. The number of nitrogen functional groups attached to an aromatic ring is 1. The van der Waals surface area contributed by atoms with Crippen LogP contribution in [0.15, 0.2) is 54.7 Å². The van der Waals surface area contributed by atoms with Crippen molar-refractivity contribution in [2.75, 3.05) is 38.6 Å². The van der Waals surface area contributed by atoms with Gasteiger partial charge >= 0.3 is 0 Å². The monoisotopic (exact) mass is 536 g/mol. The Hall–Kier alpha value is -3.95. The summed E-state index contributed by atoms with van der Waals surface area (Å²) in [6, 6.07) is 11.3. The molecule has 3 N–H and O–H groups in total. The van der Waals surface area contributed by atoms with E-state index >= 15 is 4.39 Å². The lowest BCUT2D eigenvalue weighted by molar-refractivity contribution is -0.116. The van der Waals surface area contributed by atoms with Crippen molar-refractivity contribution in [1.29, 1.82) is 0 Å². The number of pyridine rings is 1. The maximum Gasteiger partial charge on any atom is 0.254 e. The number of nitrogens with zero attached hydrogens (tertiary/aromatic N) is 2. The third kappa shape index (κ3) is 5.64. The van der Waals surface area contributed by atoms with Crippen molar-refractivity contribution >= 4 is 35.3 Å². The van der Waals surface area contributed by atoms with Crippen LogP contribution >= 0.6 is 11.6 Å². The number of fused-ring (bicyclic) bond motifs is 1. The molecule has 1 atom stereocenters. The molecule has 5 rings (SSSR count). The molecule has 38 heavy (non-hydrogen) atoms. The highest BCUT2D eigenvalue weighted by Crippen LogP contribution is 2.42. The minimum Gasteiger partial charge on any atom is -0.486 e. The van der Waals surface area contributed by atoms with E-state index in [1.807, 2.05) is 0 Å². The number of carbonyl (C=O) groups excluding carboxylic acids is 2. The zero-order valence-electron chi connectivity index (χ0n) is 20.5. The van der Waals surface area contributed by atoms with Crippen LogP contribution in [0.25, 0.3) is 17.2 Å². The molecule has 0 spiro atoms. The van der Waals surface area contributed by atoms with Gasteiger partial charge in [0, 0.05) is 48.5 Å². The normalized spacial score (nSPS) is 16.8. The van der Waals surface area contributed by atoms with Crippen LogP contribution < -0.4 is 15.8 Å². The van der Waals surface area contributed by atoms with Gasteiger partial charge in [-0.25, -0.2) is 9.37 Å². The lowest BCUT2D eigenvalue weighted by atomic mass is 9.95. The lowest BCUT2D eigenvalue weighted by Crippen LogP contribution is -2.40. The van der Waals surface area contributed by atoms with Crippen LogP contribution in [-0.2, 0) is 16.0 Å². The number of rotatable bonds is 6. The molecule has 1 saturated heterocycles. The molecule has 0 bridgehead atoms. The number of halogens is 2. The maximum atomic E-state index is 15.3. The van der Waals surface area contributed by atoms with Crippen LogP contribution in [0, 0.1) is 5.82 Å². The fourth-order valence-electron chi connectivity index (χ4n) is 4.51. The summed E-state index contributed by atoms with van der Waals surface area (Å²) < 4.78 is 26.6. The van der Waals surface area contributed by atoms with E-state index in [2.05, 4.69) is 10.3 Å². The van der Waals surface area contributed by atoms with Crippen LogP contribution in [0.1, 0.15) is 21.5 Å². The van der Waals surface area contributed by atoms with Crippen LogP contribution in [0.5, 0.6) is 5.75 Å². The summed E-state index contributed by atoms with van der Waals surface area (Å²) in [5.41, 5.74) is 8.35. The van der Waals surface area contributed by atoms with E-state index in [-0.39, 0.29) is 24.5 Å². The molecule has 2 aromatic carbocycles. The van der Waals surface area contributed by atoms with Crippen molar-refractivity contribution in [2.45, 2.75) is 12.5 Å². The van der Waals surface area contributed by atoms with Gasteiger partial charge < -0.3 is 25.4 Å². The summed E-state index contributed by atoms with van der Waals surface area (Å²) in [5, 5.41) is 3.23. The molecule has 3 heterocycles. The van der Waals surface area contributed by atoms with Crippen molar-refractivity contribution in [3.05, 3.63) is 82.3 Å². The quantitative estimate of drug-likeness (QED) is 0.465. The van der Waals surface area contributed by atoms with E-state index in [4.69, 9.17) is 26.8 Å². The number of nitrogens with two attached hydrogens (primary N) is 1. The number of hydrogen-bond acceptors (Lipinski definition) is 6. The number of benzene rings is 2. The number of amides is 2. The van der Waals surface area contributed by atoms with E-state index in [1.165, 1.54) is 12.1 Å². The Bertz CT molecular complexity index is 1390. The highest BCUT2D eigenvalue weighted by molar-refractivity contribution is 6.32. The smallest absolute Gasteiger partial charge is 0.254 e. The van der Waals surface area contributed by atoms with Gasteiger partial charge in [-0.3, -0.25) is 9.59 Å². The minimum absolute atomic E-state index is 0.221. The minimum atomic E-state index is -0.507. The molecule has 196 valence electrons. The second-order valence-electron chi connectivity index (χ2n) is 9.04. The molecule has 8 nitrogen and oxygen atoms in total. The second-order valence-corrected chi connectivity index (χ2v) is 9.45. The standard InChI is InChI=1S/C28H26ClFN4O4/c29-23-6-5-20(21-4-3-18(13-24(21)30)28(36)34-9-11-37-12-10-34)22-14-19(38-27(22)23)16-33-26(35)8-2-17-1-7-25(31)32-15-17/h1-8,13,15,19H,9-12,14,16H2,(H2,31,32)(H,33,35)/b8-2+. The Balaban J connectivity index is 1.27. The highest BCUT2D eigenvalue weighted by atomic mass is 35.5. The number of nitrogens with one attached hydrogen (secondary N) is 1. The first-order valence-electron chi connectivity index (χ1n) is 12.2. The van der Waals surface area contributed by atoms with Crippen molar-refractivity contribution < 1.29 is 23.5 Å². The van der Waals surface area contributed by atoms with Gasteiger partial charge in [-0.15, -0.1) is 0 Å². The molecular weight excluding hydrogens is 511 g/mol. The van der Waals surface area contributed by atoms with E-state index < -0.39 is 5.82 Å². The van der Waals surface area contributed by atoms with Crippen molar-refractivity contribution in [1.82, 2.24) is 15.2 Å². The number of aromatic nitrogens is 1. The van der Waals surface area contributed by atoms with Gasteiger partial charge in [0.15, 0.2) is 0 Å².